The first kappa shape index (κ1) is 14.3. The summed E-state index contributed by atoms with van der Waals surface area (Å²) < 4.78 is 0. The predicted molar refractivity (Wildman–Crippen MR) is 78.0 cm³/mol. The van der Waals surface area contributed by atoms with Gasteiger partial charge in [-0.1, -0.05) is 6.92 Å². The minimum absolute atomic E-state index is 0.675. The number of rotatable bonds is 8. The van der Waals surface area contributed by atoms with Gasteiger partial charge in [0, 0.05) is 38.8 Å². The number of nitrogens with one attached hydrogen (secondary N) is 1. The maximum atomic E-state index is 3.58. The molecule has 106 valence electrons. The molecule has 1 atom stereocenters. The van der Waals surface area contributed by atoms with Gasteiger partial charge >= 0.3 is 0 Å². The van der Waals surface area contributed by atoms with Crippen molar-refractivity contribution in [3.8, 4) is 0 Å². The normalized spacial score (nSPS) is 24.3. The molecule has 0 aromatic heterocycles. The van der Waals surface area contributed by atoms with E-state index >= 15 is 0 Å². The zero-order chi connectivity index (χ0) is 12.8. The highest BCUT2D eigenvalue weighted by atomic mass is 15.3. The molecule has 1 heterocycles. The second kappa shape index (κ2) is 7.46. The first-order chi connectivity index (χ1) is 8.78. The van der Waals surface area contributed by atoms with Gasteiger partial charge in [0.2, 0.25) is 0 Å². The van der Waals surface area contributed by atoms with Crippen molar-refractivity contribution in [1.82, 2.24) is 15.1 Å². The lowest BCUT2D eigenvalue weighted by Crippen LogP contribution is -2.47. The van der Waals surface area contributed by atoms with Gasteiger partial charge in [-0.15, -0.1) is 0 Å². The first-order valence-corrected chi connectivity index (χ1v) is 7.96. The summed E-state index contributed by atoms with van der Waals surface area (Å²) in [5, 5.41) is 3.58. The molecule has 1 saturated carbocycles. The van der Waals surface area contributed by atoms with Gasteiger partial charge in [-0.25, -0.2) is 0 Å². The van der Waals surface area contributed by atoms with E-state index in [1.165, 1.54) is 65.0 Å². The predicted octanol–water partition coefficient (Wildman–Crippen LogP) is 1.79. The average Bonchev–Trinajstić information content (AvgIpc) is 3.19. The van der Waals surface area contributed by atoms with Crippen molar-refractivity contribution in [2.75, 3.05) is 45.8 Å². The second-order valence-corrected chi connectivity index (χ2v) is 6.23. The van der Waals surface area contributed by atoms with E-state index in [9.17, 15) is 0 Å². The van der Waals surface area contributed by atoms with Gasteiger partial charge in [0.15, 0.2) is 0 Å². The van der Waals surface area contributed by atoms with Gasteiger partial charge in [-0.3, -0.25) is 0 Å². The smallest absolute Gasteiger partial charge is 0.0110 e. The summed E-state index contributed by atoms with van der Waals surface area (Å²) in [7, 11) is 0. The zero-order valence-corrected chi connectivity index (χ0v) is 12.3. The van der Waals surface area contributed by atoms with Gasteiger partial charge in [-0.2, -0.15) is 0 Å². The van der Waals surface area contributed by atoms with E-state index < -0.39 is 0 Å². The Kier molecular flexibility index (Phi) is 5.93. The zero-order valence-electron chi connectivity index (χ0n) is 12.3. The van der Waals surface area contributed by atoms with Crippen molar-refractivity contribution in [3.05, 3.63) is 0 Å². The highest BCUT2D eigenvalue weighted by molar-refractivity contribution is 4.80. The van der Waals surface area contributed by atoms with E-state index in [2.05, 4.69) is 29.0 Å². The molecule has 2 rings (SSSR count). The maximum Gasteiger partial charge on any atom is 0.0110 e. The van der Waals surface area contributed by atoms with Crippen LogP contribution < -0.4 is 5.32 Å². The maximum absolute atomic E-state index is 3.58. The van der Waals surface area contributed by atoms with Crippen LogP contribution in [0.2, 0.25) is 0 Å². The fourth-order valence-electron chi connectivity index (χ4n) is 2.73. The van der Waals surface area contributed by atoms with Crippen LogP contribution in [0.25, 0.3) is 0 Å². The summed E-state index contributed by atoms with van der Waals surface area (Å²) in [5.74, 6) is 1.05. The van der Waals surface area contributed by atoms with Gasteiger partial charge in [-0.05, 0) is 51.6 Å². The Balaban J connectivity index is 1.52. The summed E-state index contributed by atoms with van der Waals surface area (Å²) in [5.41, 5.74) is 0. The molecule has 0 aromatic rings. The van der Waals surface area contributed by atoms with Crippen LogP contribution in [0.4, 0.5) is 0 Å². The number of nitrogens with zero attached hydrogens (tertiary/aromatic N) is 2. The monoisotopic (exact) mass is 253 g/mol. The third-order valence-electron chi connectivity index (χ3n) is 4.30. The molecule has 0 bridgehead atoms. The molecule has 18 heavy (non-hydrogen) atoms. The van der Waals surface area contributed by atoms with Crippen LogP contribution in [-0.2, 0) is 0 Å². The van der Waals surface area contributed by atoms with Crippen LogP contribution in [0.3, 0.4) is 0 Å². The Morgan fingerprint density at radius 1 is 1.11 bits per heavy atom. The third-order valence-corrected chi connectivity index (χ3v) is 4.30. The van der Waals surface area contributed by atoms with Crippen molar-refractivity contribution in [1.29, 1.82) is 0 Å². The Hall–Kier alpha value is -0.120. The lowest BCUT2D eigenvalue weighted by Gasteiger charge is -2.35. The number of hydrogen-bond acceptors (Lipinski definition) is 3. The quantitative estimate of drug-likeness (QED) is 0.711. The van der Waals surface area contributed by atoms with Gasteiger partial charge < -0.3 is 15.1 Å². The van der Waals surface area contributed by atoms with E-state index in [1.807, 2.05) is 0 Å². The Labute approximate surface area is 113 Å². The molecule has 0 radical (unpaired) electrons. The summed E-state index contributed by atoms with van der Waals surface area (Å²) >= 11 is 0. The SMILES string of the molecule is CCCNC(C)CCN1CCN(CC2CC2)CC1. The highest BCUT2D eigenvalue weighted by Gasteiger charge is 2.26. The van der Waals surface area contributed by atoms with Gasteiger partial charge in [0.25, 0.3) is 0 Å². The van der Waals surface area contributed by atoms with Crippen molar-refractivity contribution in [2.45, 2.75) is 45.6 Å². The van der Waals surface area contributed by atoms with E-state index in [4.69, 9.17) is 0 Å². The fourth-order valence-corrected chi connectivity index (χ4v) is 2.73. The molecule has 1 aliphatic carbocycles. The molecule has 2 aliphatic rings. The largest absolute Gasteiger partial charge is 0.314 e. The third kappa shape index (κ3) is 5.25. The van der Waals surface area contributed by atoms with Crippen molar-refractivity contribution in [3.63, 3.8) is 0 Å². The molecule has 2 fully saturated rings. The molecule has 3 heteroatoms. The molecule has 0 amide bonds. The molecule has 0 aromatic carbocycles. The molecular weight excluding hydrogens is 222 g/mol. The van der Waals surface area contributed by atoms with E-state index in [-0.39, 0.29) is 0 Å². The van der Waals surface area contributed by atoms with Crippen molar-refractivity contribution < 1.29 is 0 Å². The summed E-state index contributed by atoms with van der Waals surface area (Å²) in [6.07, 6.45) is 5.51. The lowest BCUT2D eigenvalue weighted by molar-refractivity contribution is 0.125. The molecule has 0 spiro atoms. The van der Waals surface area contributed by atoms with Gasteiger partial charge in [0.05, 0.1) is 0 Å². The Bertz CT molecular complexity index is 220. The topological polar surface area (TPSA) is 18.5 Å². The number of piperazine rings is 1. The minimum atomic E-state index is 0.675. The minimum Gasteiger partial charge on any atom is -0.314 e. The van der Waals surface area contributed by atoms with E-state index in [1.54, 1.807) is 0 Å². The summed E-state index contributed by atoms with van der Waals surface area (Å²) in [4.78, 5) is 5.32. The molecule has 1 saturated heterocycles. The summed E-state index contributed by atoms with van der Waals surface area (Å²) in [6.45, 7) is 13.5. The Morgan fingerprint density at radius 2 is 1.78 bits per heavy atom. The van der Waals surface area contributed by atoms with Crippen LogP contribution in [0, 0.1) is 5.92 Å². The van der Waals surface area contributed by atoms with Crippen LogP contribution in [-0.4, -0.2) is 61.7 Å². The van der Waals surface area contributed by atoms with Gasteiger partial charge in [0.1, 0.15) is 0 Å². The average molecular weight is 253 g/mol. The second-order valence-electron chi connectivity index (χ2n) is 6.23. The first-order valence-electron chi connectivity index (χ1n) is 7.96. The fraction of sp³-hybridized carbons (Fsp3) is 1.00. The molecular formula is C15H31N3. The highest BCUT2D eigenvalue weighted by Crippen LogP contribution is 2.29. The Morgan fingerprint density at radius 3 is 2.39 bits per heavy atom. The van der Waals surface area contributed by atoms with Crippen molar-refractivity contribution >= 4 is 0 Å². The molecule has 1 N–H and O–H groups in total. The van der Waals surface area contributed by atoms with Crippen LogP contribution >= 0.6 is 0 Å². The van der Waals surface area contributed by atoms with Crippen molar-refractivity contribution in [2.24, 2.45) is 5.92 Å². The van der Waals surface area contributed by atoms with Crippen LogP contribution in [0.5, 0.6) is 0 Å². The van der Waals surface area contributed by atoms with E-state index in [0.717, 1.165) is 12.5 Å². The number of hydrogen-bond donors (Lipinski definition) is 1. The summed E-state index contributed by atoms with van der Waals surface area (Å²) in [6, 6.07) is 0.675. The molecule has 1 aliphatic heterocycles. The standard InChI is InChI=1S/C15H31N3/c1-3-7-16-14(2)6-8-17-9-11-18(12-10-17)13-15-4-5-15/h14-16H,3-13H2,1-2H3. The molecule has 1 unspecified atom stereocenters. The van der Waals surface area contributed by atoms with E-state index in [0.29, 0.717) is 6.04 Å². The molecule has 3 nitrogen and oxygen atoms in total. The van der Waals surface area contributed by atoms with Crippen LogP contribution in [0.15, 0.2) is 0 Å². The van der Waals surface area contributed by atoms with Crippen LogP contribution in [0.1, 0.15) is 39.5 Å². The lowest BCUT2D eigenvalue weighted by atomic mass is 10.2.